The molecule has 8 nitrogen and oxygen atoms in total. The van der Waals surface area contributed by atoms with E-state index >= 15 is 0 Å². The van der Waals surface area contributed by atoms with Crippen molar-refractivity contribution in [3.05, 3.63) is 30.4 Å². The van der Waals surface area contributed by atoms with Crippen LogP contribution < -0.4 is 4.72 Å². The molecule has 17 heavy (non-hydrogen) atoms. The summed E-state index contributed by atoms with van der Waals surface area (Å²) in [6.07, 6.45) is 2.77. The van der Waals surface area contributed by atoms with Crippen LogP contribution in [0.5, 0.6) is 0 Å². The smallest absolute Gasteiger partial charge is 0.242 e. The minimum absolute atomic E-state index is 0.0929. The summed E-state index contributed by atoms with van der Waals surface area (Å²) < 4.78 is 26.2. The fraction of sp³-hybridized carbons (Fsp3) is 0.250. The first kappa shape index (κ1) is 11.6. The van der Waals surface area contributed by atoms with Gasteiger partial charge in [0.1, 0.15) is 4.90 Å². The third-order valence-corrected chi connectivity index (χ3v) is 3.55. The lowest BCUT2D eigenvalue weighted by molar-refractivity contribution is 0.559. The lowest BCUT2D eigenvalue weighted by Crippen LogP contribution is -2.27. The molecule has 2 rings (SSSR count). The summed E-state index contributed by atoms with van der Waals surface area (Å²) in [6.45, 7) is 1.62. The van der Waals surface area contributed by atoms with Crippen molar-refractivity contribution in [3.8, 4) is 0 Å². The number of nitrogens with zero attached hydrogens (tertiary/aromatic N) is 4. The third-order valence-electron chi connectivity index (χ3n) is 2.03. The number of hydrogen-bond donors (Lipinski definition) is 2. The molecule has 0 fully saturated rings. The van der Waals surface area contributed by atoms with Gasteiger partial charge in [0, 0.05) is 12.4 Å². The highest BCUT2D eigenvalue weighted by molar-refractivity contribution is 7.89. The van der Waals surface area contributed by atoms with Gasteiger partial charge in [-0.15, -0.1) is 10.2 Å². The number of aromatic amines is 1. The normalized spacial score (nSPS) is 13.5. The molecule has 0 aliphatic carbocycles. The number of tetrazole rings is 1. The lowest BCUT2D eigenvalue weighted by Gasteiger charge is -2.10. The van der Waals surface area contributed by atoms with Crippen LogP contribution >= 0.6 is 0 Å². The highest BCUT2D eigenvalue weighted by Crippen LogP contribution is 2.11. The highest BCUT2D eigenvalue weighted by atomic mass is 32.2. The Kier molecular flexibility index (Phi) is 3.11. The van der Waals surface area contributed by atoms with E-state index in [-0.39, 0.29) is 10.7 Å². The number of sulfonamides is 1. The molecule has 0 aliphatic heterocycles. The zero-order valence-electron chi connectivity index (χ0n) is 8.90. The SMILES string of the molecule is CC(NS(=O)(=O)c1cccnc1)c1nn[nH]n1. The molecular formula is C8H10N6O2S. The Labute approximate surface area is 97.5 Å². The van der Waals surface area contributed by atoms with E-state index in [1.807, 2.05) is 0 Å². The minimum Gasteiger partial charge on any atom is -0.263 e. The van der Waals surface area contributed by atoms with Crippen LogP contribution in [0, 0.1) is 0 Å². The summed E-state index contributed by atoms with van der Waals surface area (Å²) in [4.78, 5) is 3.84. The molecule has 2 N–H and O–H groups in total. The molecule has 0 saturated carbocycles. The van der Waals surface area contributed by atoms with Crippen molar-refractivity contribution in [1.82, 2.24) is 30.3 Å². The van der Waals surface area contributed by atoms with Crippen molar-refractivity contribution in [2.45, 2.75) is 17.9 Å². The molecule has 0 bridgehead atoms. The summed E-state index contributed by atoms with van der Waals surface area (Å²) in [7, 11) is -3.62. The summed E-state index contributed by atoms with van der Waals surface area (Å²) in [5, 5.41) is 13.0. The van der Waals surface area contributed by atoms with Crippen LogP contribution in [-0.2, 0) is 10.0 Å². The van der Waals surface area contributed by atoms with Gasteiger partial charge in [-0.1, -0.05) is 5.21 Å². The Bertz CT molecular complexity index is 567. The average molecular weight is 254 g/mol. The number of nitrogens with one attached hydrogen (secondary N) is 2. The van der Waals surface area contributed by atoms with Crippen molar-refractivity contribution in [2.75, 3.05) is 0 Å². The van der Waals surface area contributed by atoms with Gasteiger partial charge in [0.05, 0.1) is 6.04 Å². The van der Waals surface area contributed by atoms with Crippen molar-refractivity contribution < 1.29 is 8.42 Å². The molecule has 9 heteroatoms. The second-order valence-corrected chi connectivity index (χ2v) is 5.02. The molecular weight excluding hydrogens is 244 g/mol. The Morgan fingerprint density at radius 3 is 2.88 bits per heavy atom. The number of hydrogen-bond acceptors (Lipinski definition) is 6. The van der Waals surface area contributed by atoms with E-state index in [0.717, 1.165) is 0 Å². The Morgan fingerprint density at radius 1 is 1.47 bits per heavy atom. The molecule has 0 spiro atoms. The van der Waals surface area contributed by atoms with E-state index < -0.39 is 16.1 Å². The maximum Gasteiger partial charge on any atom is 0.242 e. The van der Waals surface area contributed by atoms with Gasteiger partial charge >= 0.3 is 0 Å². The molecule has 2 heterocycles. The molecule has 1 unspecified atom stereocenters. The first-order valence-corrected chi connectivity index (χ1v) is 6.23. The van der Waals surface area contributed by atoms with Gasteiger partial charge < -0.3 is 0 Å². The zero-order chi connectivity index (χ0) is 12.3. The molecule has 2 aromatic rings. The molecule has 0 saturated heterocycles. The third kappa shape index (κ3) is 2.63. The second kappa shape index (κ2) is 4.55. The van der Waals surface area contributed by atoms with Gasteiger partial charge in [-0.25, -0.2) is 13.1 Å². The minimum atomic E-state index is -3.62. The van der Waals surface area contributed by atoms with Crippen molar-refractivity contribution in [1.29, 1.82) is 0 Å². The van der Waals surface area contributed by atoms with Crippen LogP contribution in [0.2, 0.25) is 0 Å². The largest absolute Gasteiger partial charge is 0.263 e. The van der Waals surface area contributed by atoms with Crippen LogP contribution in [0.25, 0.3) is 0 Å². The van der Waals surface area contributed by atoms with E-state index in [4.69, 9.17) is 0 Å². The number of rotatable bonds is 4. The van der Waals surface area contributed by atoms with Gasteiger partial charge in [0.25, 0.3) is 0 Å². The maximum atomic E-state index is 11.9. The fourth-order valence-corrected chi connectivity index (χ4v) is 2.38. The predicted molar refractivity (Wildman–Crippen MR) is 57.2 cm³/mol. The molecule has 0 aromatic carbocycles. The number of H-pyrrole nitrogens is 1. The van der Waals surface area contributed by atoms with Crippen molar-refractivity contribution in [3.63, 3.8) is 0 Å². The van der Waals surface area contributed by atoms with Crippen LogP contribution in [0.1, 0.15) is 18.8 Å². The monoisotopic (exact) mass is 254 g/mol. The summed E-state index contributed by atoms with van der Waals surface area (Å²) in [5.41, 5.74) is 0. The molecule has 0 amide bonds. The molecule has 90 valence electrons. The first-order chi connectivity index (χ1) is 8.09. The van der Waals surface area contributed by atoms with Gasteiger partial charge in [-0.05, 0) is 19.1 Å². The number of aromatic nitrogens is 5. The van der Waals surface area contributed by atoms with Crippen LogP contribution in [0.15, 0.2) is 29.4 Å². The zero-order valence-corrected chi connectivity index (χ0v) is 9.72. The Morgan fingerprint density at radius 2 is 2.29 bits per heavy atom. The standard InChI is InChI=1S/C8H10N6O2S/c1-6(8-10-13-14-11-8)12-17(15,16)7-3-2-4-9-5-7/h2-6,12H,1H3,(H,10,11,13,14). The van der Waals surface area contributed by atoms with E-state index in [1.165, 1.54) is 18.5 Å². The van der Waals surface area contributed by atoms with E-state index in [2.05, 4.69) is 30.3 Å². The topological polar surface area (TPSA) is 114 Å². The van der Waals surface area contributed by atoms with Gasteiger partial charge in [0.2, 0.25) is 10.0 Å². The lowest BCUT2D eigenvalue weighted by atomic mass is 10.4. The number of pyridine rings is 1. The van der Waals surface area contributed by atoms with E-state index in [1.54, 1.807) is 13.0 Å². The Balaban J connectivity index is 2.19. The van der Waals surface area contributed by atoms with Crippen molar-refractivity contribution >= 4 is 10.0 Å². The van der Waals surface area contributed by atoms with Gasteiger partial charge in [-0.2, -0.15) is 5.21 Å². The summed E-state index contributed by atoms with van der Waals surface area (Å²) in [6, 6.07) is 2.44. The molecule has 0 radical (unpaired) electrons. The van der Waals surface area contributed by atoms with E-state index in [0.29, 0.717) is 0 Å². The van der Waals surface area contributed by atoms with Gasteiger partial charge in [-0.3, -0.25) is 4.98 Å². The summed E-state index contributed by atoms with van der Waals surface area (Å²) >= 11 is 0. The Hall–Kier alpha value is -1.87. The second-order valence-electron chi connectivity index (χ2n) is 3.30. The van der Waals surface area contributed by atoms with Gasteiger partial charge in [0.15, 0.2) is 5.82 Å². The molecule has 0 aliphatic rings. The van der Waals surface area contributed by atoms with Crippen LogP contribution in [0.4, 0.5) is 0 Å². The van der Waals surface area contributed by atoms with Crippen LogP contribution in [-0.4, -0.2) is 34.0 Å². The van der Waals surface area contributed by atoms with Crippen molar-refractivity contribution in [2.24, 2.45) is 0 Å². The van der Waals surface area contributed by atoms with Crippen LogP contribution in [0.3, 0.4) is 0 Å². The first-order valence-electron chi connectivity index (χ1n) is 4.75. The average Bonchev–Trinajstić information content (AvgIpc) is 2.83. The molecule has 1 atom stereocenters. The molecule has 2 aromatic heterocycles. The van der Waals surface area contributed by atoms with E-state index in [9.17, 15) is 8.42 Å². The predicted octanol–water partition coefficient (Wildman–Crippen LogP) is -0.366. The quantitative estimate of drug-likeness (QED) is 0.769. The summed E-state index contributed by atoms with van der Waals surface area (Å²) in [5.74, 6) is 0.275. The maximum absolute atomic E-state index is 11.9. The fourth-order valence-electron chi connectivity index (χ4n) is 1.21. The highest BCUT2D eigenvalue weighted by Gasteiger charge is 2.20.